The molecule has 0 N–H and O–H groups in total. The summed E-state index contributed by atoms with van der Waals surface area (Å²) in [6.45, 7) is 36.5. The molecule has 1 spiro atoms. The van der Waals surface area contributed by atoms with E-state index in [-0.39, 0.29) is 23.0 Å². The summed E-state index contributed by atoms with van der Waals surface area (Å²) in [5.74, 6) is 0. The molecule has 2 nitrogen and oxygen atoms in total. The van der Waals surface area contributed by atoms with Gasteiger partial charge in [-0.1, -0.05) is 245 Å². The molecule has 0 amide bonds. The van der Waals surface area contributed by atoms with Crippen LogP contribution in [-0.2, 0) is 21.7 Å². The van der Waals surface area contributed by atoms with Crippen LogP contribution in [0.2, 0.25) is 39.3 Å². The third kappa shape index (κ3) is 5.94. The van der Waals surface area contributed by atoms with E-state index in [0.717, 1.165) is 0 Å². The van der Waals surface area contributed by atoms with Crippen molar-refractivity contribution < 1.29 is 0 Å². The van der Waals surface area contributed by atoms with E-state index in [1.165, 1.54) is 143 Å². The SMILES string of the molecule is CC(C)(C)c1ccc(-c2c(-c3ccc(C(C)(C)C)cc3)n3c4c(cc(C(C)(C)C)cc24)B2c4c-3ccc3c4-n4c5c2cc([Si](C)(C)C)cc5c2cc([Si](C)(C)C)cc(c24)C32c3ccccc3-c3ccccc32)cc1. The fourth-order valence-corrected chi connectivity index (χ4v) is 16.5. The number of benzene rings is 8. The van der Waals surface area contributed by atoms with E-state index in [2.05, 4.69) is 256 Å². The maximum Gasteiger partial charge on any atom is 0.252 e. The van der Waals surface area contributed by atoms with E-state index in [9.17, 15) is 0 Å². The first-order valence-corrected chi connectivity index (χ1v) is 34.4. The van der Waals surface area contributed by atoms with E-state index in [1.54, 1.807) is 0 Å². The smallest absolute Gasteiger partial charge is 0.252 e. The summed E-state index contributed by atoms with van der Waals surface area (Å²) >= 11 is 0. The normalized spacial score (nSPS) is 15.0. The Hall–Kier alpha value is -6.40. The fourth-order valence-electron chi connectivity index (χ4n) is 14.1. The average Bonchev–Trinajstić information content (AvgIpc) is 4.09. The van der Waals surface area contributed by atoms with E-state index in [0.29, 0.717) is 0 Å². The Bertz CT molecular complexity index is 4080. The highest BCUT2D eigenvalue weighted by Crippen LogP contribution is 2.62. The molecule has 0 saturated carbocycles. The number of fused-ring (bicyclic) bond motifs is 11. The Labute approximate surface area is 441 Å². The molecule has 74 heavy (non-hydrogen) atoms. The highest BCUT2D eigenvalue weighted by Gasteiger charge is 2.55. The zero-order chi connectivity index (χ0) is 51.7. The molecule has 5 heterocycles. The van der Waals surface area contributed by atoms with Crippen molar-refractivity contribution in [1.82, 2.24) is 9.13 Å². The molecule has 0 unspecified atom stereocenters. The van der Waals surface area contributed by atoms with Crippen LogP contribution in [0, 0.1) is 0 Å². The Balaban J connectivity index is 1.23. The van der Waals surface area contributed by atoms with Crippen molar-refractivity contribution in [3.8, 4) is 44.9 Å². The second-order valence-electron chi connectivity index (χ2n) is 27.8. The number of rotatable bonds is 4. The van der Waals surface area contributed by atoms with Gasteiger partial charge >= 0.3 is 0 Å². The molecule has 14 rings (SSSR count). The lowest BCUT2D eigenvalue weighted by Crippen LogP contribution is -2.61. The second kappa shape index (κ2) is 14.5. The average molecular weight is 993 g/mol. The summed E-state index contributed by atoms with van der Waals surface area (Å²) in [4.78, 5) is 0. The molecular weight excluding hydrogens is 924 g/mol. The Kier molecular flexibility index (Phi) is 9.04. The molecule has 1 aliphatic carbocycles. The van der Waals surface area contributed by atoms with Crippen LogP contribution in [0.25, 0.3) is 77.6 Å². The summed E-state index contributed by atoms with van der Waals surface area (Å²) in [5.41, 5.74) is 28.2. The van der Waals surface area contributed by atoms with Gasteiger partial charge in [-0.2, -0.15) is 0 Å². The van der Waals surface area contributed by atoms with Crippen LogP contribution < -0.4 is 26.8 Å². The molecule has 2 aromatic heterocycles. The van der Waals surface area contributed by atoms with Crippen LogP contribution in [0.5, 0.6) is 0 Å². The molecule has 0 fully saturated rings. The topological polar surface area (TPSA) is 9.86 Å². The van der Waals surface area contributed by atoms with Crippen LogP contribution in [-0.4, -0.2) is 32.0 Å². The molecule has 4 aliphatic rings. The summed E-state index contributed by atoms with van der Waals surface area (Å²) in [5, 5.41) is 7.26. The maximum atomic E-state index is 2.82. The highest BCUT2D eigenvalue weighted by atomic mass is 28.3. The first kappa shape index (κ1) is 46.2. The third-order valence-electron chi connectivity index (χ3n) is 18.1. The Morgan fingerprint density at radius 1 is 0.419 bits per heavy atom. The van der Waals surface area contributed by atoms with Gasteiger partial charge in [-0.05, 0) is 106 Å². The van der Waals surface area contributed by atoms with Gasteiger partial charge in [0.25, 0.3) is 6.71 Å². The van der Waals surface area contributed by atoms with E-state index < -0.39 is 21.6 Å². The lowest BCUT2D eigenvalue weighted by Gasteiger charge is -2.44. The van der Waals surface area contributed by atoms with Crippen LogP contribution in [0.15, 0.2) is 146 Å². The summed E-state index contributed by atoms with van der Waals surface area (Å²) in [6.07, 6.45) is 0. The molecule has 3 aliphatic heterocycles. The molecule has 10 aromatic rings. The number of hydrogen-bond acceptors (Lipinski definition) is 0. The molecule has 366 valence electrons. The quantitative estimate of drug-likeness (QED) is 0.156. The van der Waals surface area contributed by atoms with Crippen molar-refractivity contribution >= 4 is 82.3 Å². The summed E-state index contributed by atoms with van der Waals surface area (Å²) in [6, 6.07) is 59.2. The van der Waals surface area contributed by atoms with Crippen molar-refractivity contribution in [3.05, 3.63) is 185 Å². The molecular formula is C69H69BN2Si2. The van der Waals surface area contributed by atoms with Gasteiger partial charge in [0.1, 0.15) is 0 Å². The van der Waals surface area contributed by atoms with Gasteiger partial charge in [0, 0.05) is 44.1 Å². The van der Waals surface area contributed by atoms with E-state index >= 15 is 0 Å². The van der Waals surface area contributed by atoms with Crippen molar-refractivity contribution in [2.75, 3.05) is 0 Å². The molecule has 8 aromatic carbocycles. The Morgan fingerprint density at radius 3 is 1.47 bits per heavy atom. The lowest BCUT2D eigenvalue weighted by atomic mass is 9.33. The largest absolute Gasteiger partial charge is 0.310 e. The van der Waals surface area contributed by atoms with Crippen LogP contribution in [0.1, 0.15) is 101 Å². The first-order valence-electron chi connectivity index (χ1n) is 27.4. The summed E-state index contributed by atoms with van der Waals surface area (Å²) < 4.78 is 5.57. The van der Waals surface area contributed by atoms with Crippen molar-refractivity contribution in [2.24, 2.45) is 0 Å². The van der Waals surface area contributed by atoms with Gasteiger partial charge in [-0.25, -0.2) is 0 Å². The van der Waals surface area contributed by atoms with Crippen LogP contribution in [0.3, 0.4) is 0 Å². The summed E-state index contributed by atoms with van der Waals surface area (Å²) in [7, 11) is -3.73. The lowest BCUT2D eigenvalue weighted by molar-refractivity contribution is 0.590. The predicted octanol–water partition coefficient (Wildman–Crippen LogP) is 14.9. The number of hydrogen-bond donors (Lipinski definition) is 0. The predicted molar refractivity (Wildman–Crippen MR) is 326 cm³/mol. The number of aromatic nitrogens is 2. The molecule has 0 saturated heterocycles. The van der Waals surface area contributed by atoms with Gasteiger partial charge < -0.3 is 9.13 Å². The zero-order valence-electron chi connectivity index (χ0n) is 46.3. The van der Waals surface area contributed by atoms with Gasteiger partial charge in [0.2, 0.25) is 0 Å². The Morgan fingerprint density at radius 2 is 0.919 bits per heavy atom. The molecule has 0 radical (unpaired) electrons. The molecule has 0 atom stereocenters. The zero-order valence-corrected chi connectivity index (χ0v) is 48.3. The monoisotopic (exact) mass is 993 g/mol. The first-order chi connectivity index (χ1) is 34.9. The fraction of sp³-hybridized carbons (Fsp3) is 0.275. The van der Waals surface area contributed by atoms with Gasteiger partial charge in [0.15, 0.2) is 0 Å². The van der Waals surface area contributed by atoms with E-state index in [1.807, 2.05) is 0 Å². The van der Waals surface area contributed by atoms with Crippen LogP contribution in [0.4, 0.5) is 0 Å². The van der Waals surface area contributed by atoms with Crippen molar-refractivity contribution in [2.45, 2.75) is 123 Å². The minimum absolute atomic E-state index is 0.0111. The standard InChI is InChI=1S/C69H69BN2Si2/c1-66(2,3)42-28-24-40(25-29-42)59-51-34-44(68(7,8)9)35-56-64(51)71(61(59)41-26-30-43(31-27-41)67(4,5)6)58-33-32-54-65-60(58)70(56)57-39-46(74(13,14)15)37-50-49-36-45(73(10,11)12)38-55(62(49)72(65)63(50)57)69(54)52-22-18-16-20-47(52)48-21-17-19-23-53(48)69/h16-39H,1-15H3. The highest BCUT2D eigenvalue weighted by molar-refractivity contribution is 7.01. The third-order valence-corrected chi connectivity index (χ3v) is 22.1. The molecule has 5 heteroatoms. The van der Waals surface area contributed by atoms with Gasteiger partial charge in [-0.15, -0.1) is 0 Å². The van der Waals surface area contributed by atoms with Crippen molar-refractivity contribution in [3.63, 3.8) is 0 Å². The van der Waals surface area contributed by atoms with E-state index in [4.69, 9.17) is 0 Å². The van der Waals surface area contributed by atoms with Gasteiger partial charge in [-0.3, -0.25) is 0 Å². The van der Waals surface area contributed by atoms with Crippen LogP contribution >= 0.6 is 0 Å². The van der Waals surface area contributed by atoms with Crippen molar-refractivity contribution in [1.29, 1.82) is 0 Å². The maximum absolute atomic E-state index is 2.82. The van der Waals surface area contributed by atoms with Gasteiger partial charge in [0.05, 0.1) is 32.8 Å². The minimum Gasteiger partial charge on any atom is -0.310 e. The minimum atomic E-state index is -1.87. The second-order valence-corrected chi connectivity index (χ2v) is 38.0. The molecule has 0 bridgehead atoms. The number of nitrogens with zero attached hydrogens (tertiary/aromatic N) is 2.